The Balaban J connectivity index is 1.98. The largest absolute Gasteiger partial charge is 0.480 e. The second-order valence-electron chi connectivity index (χ2n) is 9.39. The molecule has 0 spiro atoms. The second-order valence-corrected chi connectivity index (χ2v) is 9.39. The van der Waals surface area contributed by atoms with Crippen LogP contribution in [0.2, 0.25) is 0 Å². The van der Waals surface area contributed by atoms with Gasteiger partial charge >= 0.3 is 11.6 Å². The molecule has 0 aliphatic rings. The molecule has 1 amide bonds. The second kappa shape index (κ2) is 8.81. The molecule has 2 aromatic heterocycles. The Bertz CT molecular complexity index is 1240. The number of furan rings is 1. The maximum Gasteiger partial charge on any atom is 0.339 e. The van der Waals surface area contributed by atoms with Crippen LogP contribution in [0.3, 0.4) is 0 Å². The van der Waals surface area contributed by atoms with Crippen LogP contribution in [0.15, 0.2) is 26.0 Å². The van der Waals surface area contributed by atoms with Crippen molar-refractivity contribution in [1.29, 1.82) is 0 Å². The number of hydrogen-bond donors (Lipinski definition) is 2. The number of amides is 1. The Hall–Kier alpha value is -3.09. The van der Waals surface area contributed by atoms with E-state index >= 15 is 0 Å². The number of carbonyl (C=O) groups is 2. The molecule has 32 heavy (non-hydrogen) atoms. The van der Waals surface area contributed by atoms with Gasteiger partial charge in [0.2, 0.25) is 5.91 Å². The van der Waals surface area contributed by atoms with E-state index < -0.39 is 23.5 Å². The number of benzene rings is 1. The van der Waals surface area contributed by atoms with Gasteiger partial charge in [0.15, 0.2) is 0 Å². The predicted molar refractivity (Wildman–Crippen MR) is 123 cm³/mol. The van der Waals surface area contributed by atoms with Gasteiger partial charge in [-0.05, 0) is 43.7 Å². The van der Waals surface area contributed by atoms with Crippen LogP contribution in [0.4, 0.5) is 0 Å². The lowest BCUT2D eigenvalue weighted by Crippen LogP contribution is -2.40. The molecule has 0 aliphatic heterocycles. The summed E-state index contributed by atoms with van der Waals surface area (Å²) in [5.74, 6) is -1.46. The summed E-state index contributed by atoms with van der Waals surface area (Å²) in [5, 5.41) is 13.6. The molecule has 3 aromatic rings. The zero-order valence-corrected chi connectivity index (χ0v) is 19.5. The number of carboxylic acid groups (broad SMARTS) is 1. The monoisotopic (exact) mass is 441 g/mol. The van der Waals surface area contributed by atoms with E-state index in [9.17, 15) is 19.5 Å². The van der Waals surface area contributed by atoms with E-state index in [2.05, 4.69) is 26.1 Å². The van der Waals surface area contributed by atoms with Crippen LogP contribution in [-0.4, -0.2) is 23.0 Å². The number of aliphatic carboxylic acids is 1. The Morgan fingerprint density at radius 2 is 1.81 bits per heavy atom. The van der Waals surface area contributed by atoms with E-state index in [4.69, 9.17) is 8.83 Å². The standard InChI is InChI=1S/C25H31NO6/c1-7-8-19(23(28)29)26-20(27)10-9-15-13(2)16-11-17-18(25(4,5)6)12-31-21(17)14(3)22(16)32-24(15)30/h11-12,19H,7-10H2,1-6H3,(H,26,27)(H,28,29)/t19-/m1/s1. The highest BCUT2D eigenvalue weighted by molar-refractivity contribution is 6.00. The summed E-state index contributed by atoms with van der Waals surface area (Å²) in [5.41, 5.74) is 3.60. The molecular formula is C25H31NO6. The van der Waals surface area contributed by atoms with Gasteiger partial charge in [-0.2, -0.15) is 0 Å². The van der Waals surface area contributed by atoms with Gasteiger partial charge in [0, 0.05) is 33.9 Å². The summed E-state index contributed by atoms with van der Waals surface area (Å²) in [6.45, 7) is 11.9. The van der Waals surface area contributed by atoms with Crippen LogP contribution in [0.1, 0.15) is 69.2 Å². The van der Waals surface area contributed by atoms with Gasteiger partial charge in [-0.25, -0.2) is 9.59 Å². The van der Waals surface area contributed by atoms with Crippen molar-refractivity contribution in [2.75, 3.05) is 0 Å². The fourth-order valence-electron chi connectivity index (χ4n) is 4.12. The highest BCUT2D eigenvalue weighted by Gasteiger charge is 2.24. The summed E-state index contributed by atoms with van der Waals surface area (Å²) < 4.78 is 11.5. The minimum atomic E-state index is -1.06. The van der Waals surface area contributed by atoms with Gasteiger partial charge in [0.05, 0.1) is 6.26 Å². The van der Waals surface area contributed by atoms with Crippen molar-refractivity contribution in [3.8, 4) is 0 Å². The van der Waals surface area contributed by atoms with Crippen molar-refractivity contribution in [1.82, 2.24) is 5.32 Å². The number of hydrogen-bond acceptors (Lipinski definition) is 5. The van der Waals surface area contributed by atoms with Crippen LogP contribution < -0.4 is 10.9 Å². The normalized spacial score (nSPS) is 12.9. The van der Waals surface area contributed by atoms with Gasteiger partial charge in [-0.1, -0.05) is 34.1 Å². The average molecular weight is 442 g/mol. The van der Waals surface area contributed by atoms with E-state index in [1.54, 1.807) is 6.26 Å². The molecular weight excluding hydrogens is 410 g/mol. The molecule has 2 heterocycles. The van der Waals surface area contributed by atoms with Gasteiger partial charge in [0.1, 0.15) is 17.2 Å². The molecule has 7 nitrogen and oxygen atoms in total. The molecule has 0 saturated heterocycles. The minimum absolute atomic E-state index is 0.00474. The van der Waals surface area contributed by atoms with Crippen LogP contribution in [-0.2, 0) is 21.4 Å². The Labute approximate surface area is 186 Å². The SMILES string of the molecule is CCC[C@@H](NC(=O)CCc1c(C)c2cc3c(C(C)(C)C)coc3c(C)c2oc1=O)C(=O)O. The highest BCUT2D eigenvalue weighted by Crippen LogP contribution is 2.37. The Morgan fingerprint density at radius 3 is 2.41 bits per heavy atom. The van der Waals surface area contributed by atoms with Crippen molar-refractivity contribution >= 4 is 33.8 Å². The summed E-state index contributed by atoms with van der Waals surface area (Å²) >= 11 is 0. The average Bonchev–Trinajstić information content (AvgIpc) is 3.13. The van der Waals surface area contributed by atoms with Gasteiger partial charge < -0.3 is 19.3 Å². The molecule has 0 aliphatic carbocycles. The molecule has 1 atom stereocenters. The Morgan fingerprint density at radius 1 is 1.12 bits per heavy atom. The van der Waals surface area contributed by atoms with Crippen LogP contribution in [0.25, 0.3) is 21.9 Å². The predicted octanol–water partition coefficient (Wildman–Crippen LogP) is 4.76. The minimum Gasteiger partial charge on any atom is -0.480 e. The molecule has 7 heteroatoms. The third kappa shape index (κ3) is 4.42. The summed E-state index contributed by atoms with van der Waals surface area (Å²) in [7, 11) is 0. The van der Waals surface area contributed by atoms with E-state index in [0.717, 1.165) is 27.5 Å². The van der Waals surface area contributed by atoms with Crippen LogP contribution in [0.5, 0.6) is 0 Å². The summed E-state index contributed by atoms with van der Waals surface area (Å²) in [6, 6.07) is 1.07. The van der Waals surface area contributed by atoms with E-state index in [1.165, 1.54) is 0 Å². The number of aryl methyl sites for hydroxylation is 2. The van der Waals surface area contributed by atoms with Crippen LogP contribution >= 0.6 is 0 Å². The number of nitrogens with one attached hydrogen (secondary N) is 1. The highest BCUT2D eigenvalue weighted by atomic mass is 16.4. The lowest BCUT2D eigenvalue weighted by atomic mass is 9.86. The fraction of sp³-hybridized carbons (Fsp3) is 0.480. The molecule has 0 fully saturated rings. The first-order valence-electron chi connectivity index (χ1n) is 10.9. The van der Waals surface area contributed by atoms with Crippen molar-refractivity contribution in [2.24, 2.45) is 0 Å². The third-order valence-corrected chi connectivity index (χ3v) is 5.96. The topological polar surface area (TPSA) is 110 Å². The Kier molecular flexibility index (Phi) is 6.49. The molecule has 1 aromatic carbocycles. The van der Waals surface area contributed by atoms with Crippen molar-refractivity contribution in [3.05, 3.63) is 45.0 Å². The van der Waals surface area contributed by atoms with Gasteiger partial charge in [0.25, 0.3) is 0 Å². The van der Waals surface area contributed by atoms with Crippen LogP contribution in [0, 0.1) is 13.8 Å². The zero-order valence-electron chi connectivity index (χ0n) is 19.5. The fourth-order valence-corrected chi connectivity index (χ4v) is 4.12. The van der Waals surface area contributed by atoms with E-state index in [-0.39, 0.29) is 18.3 Å². The first kappa shape index (κ1) is 23.6. The van der Waals surface area contributed by atoms with Crippen molar-refractivity contribution in [2.45, 2.75) is 78.7 Å². The van der Waals surface area contributed by atoms with Gasteiger partial charge in [-0.3, -0.25) is 4.79 Å². The zero-order chi connectivity index (χ0) is 23.8. The first-order valence-corrected chi connectivity index (χ1v) is 10.9. The van der Waals surface area contributed by atoms with Gasteiger partial charge in [-0.15, -0.1) is 0 Å². The summed E-state index contributed by atoms with van der Waals surface area (Å²) in [4.78, 5) is 36.3. The van der Waals surface area contributed by atoms with E-state index in [0.29, 0.717) is 29.6 Å². The number of carbonyl (C=O) groups excluding carboxylic acids is 1. The molecule has 0 radical (unpaired) electrons. The smallest absolute Gasteiger partial charge is 0.339 e. The maximum atomic E-state index is 12.7. The molecule has 0 saturated carbocycles. The number of carboxylic acids is 1. The molecule has 3 rings (SSSR count). The molecule has 172 valence electrons. The van der Waals surface area contributed by atoms with E-state index in [1.807, 2.05) is 26.8 Å². The molecule has 0 bridgehead atoms. The lowest BCUT2D eigenvalue weighted by molar-refractivity contribution is -0.142. The van der Waals surface area contributed by atoms with Crippen molar-refractivity contribution < 1.29 is 23.5 Å². The first-order chi connectivity index (χ1) is 15.0. The lowest BCUT2D eigenvalue weighted by Gasteiger charge is -2.17. The van der Waals surface area contributed by atoms with Crippen molar-refractivity contribution in [3.63, 3.8) is 0 Å². The summed E-state index contributed by atoms with van der Waals surface area (Å²) in [6.07, 6.45) is 2.93. The molecule has 0 unspecified atom stereocenters. The number of rotatable bonds is 7. The quantitative estimate of drug-likeness (QED) is 0.512. The third-order valence-electron chi connectivity index (χ3n) is 5.96. The molecule has 2 N–H and O–H groups in total. The number of fused-ring (bicyclic) bond motifs is 2. The maximum absolute atomic E-state index is 12.7.